The second kappa shape index (κ2) is 20.5. The summed E-state index contributed by atoms with van der Waals surface area (Å²) in [6.07, 6.45) is 0. The molecule has 12 aromatic rings. The molecule has 10 aromatic carbocycles. The van der Waals surface area contributed by atoms with E-state index in [0.717, 1.165) is 47.9 Å². The van der Waals surface area contributed by atoms with Crippen molar-refractivity contribution in [3.8, 4) is 55.6 Å². The molecule has 8 heteroatoms. The van der Waals surface area contributed by atoms with Crippen molar-refractivity contribution in [2.45, 2.75) is 0 Å². The molecule has 0 aliphatic rings. The second-order valence-electron chi connectivity index (χ2n) is 16.3. The SMILES string of the molecule is Clc1cc(-c2ccc(-c3ccccc3)cc2)cc(-c2cccc3c2sc2ccccc23)c1.Clc1cc(Br)cc(-c2cccc3c2sc2ccccc23)c1.OB(O)c1ccc(-c2ccccc2)cc1. The van der Waals surface area contributed by atoms with Crippen LogP contribution in [0.1, 0.15) is 0 Å². The van der Waals surface area contributed by atoms with Crippen LogP contribution in [0.15, 0.2) is 235 Å². The third kappa shape index (κ3) is 9.96. The van der Waals surface area contributed by atoms with Gasteiger partial charge in [-0.05, 0) is 110 Å². The number of rotatable bonds is 6. The van der Waals surface area contributed by atoms with E-state index in [1.54, 1.807) is 12.1 Å². The van der Waals surface area contributed by atoms with Crippen molar-refractivity contribution in [3.63, 3.8) is 0 Å². The fourth-order valence-electron chi connectivity index (χ4n) is 8.53. The molecule has 68 heavy (non-hydrogen) atoms. The smallest absolute Gasteiger partial charge is 0.423 e. The van der Waals surface area contributed by atoms with Crippen LogP contribution in [-0.4, -0.2) is 17.2 Å². The minimum atomic E-state index is -1.39. The van der Waals surface area contributed by atoms with Gasteiger partial charge in [0.1, 0.15) is 0 Å². The highest BCUT2D eigenvalue weighted by Crippen LogP contribution is 2.43. The average molecular weight is 1020 g/mol. The molecule has 2 aromatic heterocycles. The van der Waals surface area contributed by atoms with Crippen LogP contribution in [0.25, 0.3) is 96.0 Å². The summed E-state index contributed by atoms with van der Waals surface area (Å²) in [7, 11) is -1.39. The summed E-state index contributed by atoms with van der Waals surface area (Å²) in [6, 6.07) is 78.9. The summed E-state index contributed by atoms with van der Waals surface area (Å²) in [6.45, 7) is 0. The van der Waals surface area contributed by atoms with E-state index in [9.17, 15) is 0 Å². The van der Waals surface area contributed by atoms with Gasteiger partial charge in [-0.25, -0.2) is 0 Å². The first-order chi connectivity index (χ1) is 33.3. The van der Waals surface area contributed by atoms with Crippen molar-refractivity contribution >= 4 is 115 Å². The molecule has 0 aliphatic heterocycles. The molecular formula is C60H40BBrCl2O2S2. The molecule has 0 unspecified atom stereocenters. The quantitative estimate of drug-likeness (QED) is 0.163. The molecule has 0 bridgehead atoms. The van der Waals surface area contributed by atoms with E-state index in [0.29, 0.717) is 5.46 Å². The summed E-state index contributed by atoms with van der Waals surface area (Å²) in [5.74, 6) is 0. The summed E-state index contributed by atoms with van der Waals surface area (Å²) in [5, 5.41) is 24.6. The topological polar surface area (TPSA) is 40.5 Å². The van der Waals surface area contributed by atoms with Gasteiger partial charge in [-0.2, -0.15) is 0 Å². The fourth-order valence-corrected chi connectivity index (χ4v) is 12.1. The van der Waals surface area contributed by atoms with Crippen molar-refractivity contribution in [2.75, 3.05) is 0 Å². The van der Waals surface area contributed by atoms with Crippen LogP contribution in [0.5, 0.6) is 0 Å². The lowest BCUT2D eigenvalue weighted by Crippen LogP contribution is -2.29. The van der Waals surface area contributed by atoms with E-state index in [1.807, 2.05) is 89.4 Å². The summed E-state index contributed by atoms with van der Waals surface area (Å²) in [5.41, 5.74) is 12.2. The predicted octanol–water partition coefficient (Wildman–Crippen LogP) is 17.9. The Bertz CT molecular complexity index is 3670. The van der Waals surface area contributed by atoms with E-state index in [4.69, 9.17) is 33.2 Å². The van der Waals surface area contributed by atoms with Gasteiger partial charge in [0.15, 0.2) is 0 Å². The molecule has 2 N–H and O–H groups in total. The Morgan fingerprint density at radius 2 is 0.721 bits per heavy atom. The number of halogens is 3. The fraction of sp³-hybridized carbons (Fsp3) is 0. The van der Waals surface area contributed by atoms with Crippen LogP contribution in [0.2, 0.25) is 10.0 Å². The van der Waals surface area contributed by atoms with E-state index < -0.39 is 7.12 Å². The van der Waals surface area contributed by atoms with E-state index in [-0.39, 0.29) is 0 Å². The van der Waals surface area contributed by atoms with Gasteiger partial charge in [-0.1, -0.05) is 221 Å². The number of thiophene rings is 2. The molecule has 0 atom stereocenters. The van der Waals surface area contributed by atoms with Crippen molar-refractivity contribution < 1.29 is 10.0 Å². The molecule has 0 saturated heterocycles. The highest BCUT2D eigenvalue weighted by molar-refractivity contribution is 9.10. The maximum absolute atomic E-state index is 8.94. The summed E-state index contributed by atoms with van der Waals surface area (Å²) in [4.78, 5) is 0. The lowest BCUT2D eigenvalue weighted by atomic mass is 9.80. The van der Waals surface area contributed by atoms with Crippen molar-refractivity contribution in [1.29, 1.82) is 0 Å². The van der Waals surface area contributed by atoms with Crippen LogP contribution in [0, 0.1) is 0 Å². The number of hydrogen-bond donors (Lipinski definition) is 2. The van der Waals surface area contributed by atoms with E-state index >= 15 is 0 Å². The molecule has 2 heterocycles. The minimum absolute atomic E-state index is 0.509. The largest absolute Gasteiger partial charge is 0.488 e. The Hall–Kier alpha value is -6.32. The zero-order chi connectivity index (χ0) is 46.6. The molecular weight excluding hydrogens is 978 g/mol. The molecule has 2 nitrogen and oxygen atoms in total. The molecule has 0 saturated carbocycles. The maximum atomic E-state index is 8.94. The van der Waals surface area contributed by atoms with Gasteiger partial charge in [0.25, 0.3) is 0 Å². The lowest BCUT2D eigenvalue weighted by Gasteiger charge is -2.10. The predicted molar refractivity (Wildman–Crippen MR) is 300 cm³/mol. The summed E-state index contributed by atoms with van der Waals surface area (Å²) < 4.78 is 6.26. The lowest BCUT2D eigenvalue weighted by molar-refractivity contribution is 0.426. The molecule has 0 amide bonds. The second-order valence-corrected chi connectivity index (χ2v) is 20.1. The Morgan fingerprint density at radius 3 is 1.21 bits per heavy atom. The molecule has 0 spiro atoms. The van der Waals surface area contributed by atoms with Crippen molar-refractivity contribution in [2.24, 2.45) is 0 Å². The van der Waals surface area contributed by atoms with E-state index in [1.165, 1.54) is 62.6 Å². The van der Waals surface area contributed by atoms with Gasteiger partial charge in [-0.3, -0.25) is 0 Å². The third-order valence-corrected chi connectivity index (χ3v) is 15.2. The van der Waals surface area contributed by atoms with E-state index in [2.05, 4.69) is 168 Å². The van der Waals surface area contributed by atoms with Gasteiger partial charge in [0, 0.05) is 54.9 Å². The standard InChI is InChI=1S/C30H19ClS.C18H10BrClS.C12H11BO2/c31-25-18-23(22-15-13-21(14-16-22)20-7-2-1-3-8-20)17-24(19-25)26-10-6-11-28-27-9-4-5-12-29(27)32-30(26)28;19-12-8-11(9-13(20)10-12)14-5-3-6-16-15-4-1-2-7-17(15)21-18(14)16;14-13(15)12-8-6-11(7-9-12)10-4-2-1-3-5-10/h1-19H;1-10H;1-9,14-15H. The molecule has 0 fully saturated rings. The Labute approximate surface area is 422 Å². The maximum Gasteiger partial charge on any atom is 0.488 e. The van der Waals surface area contributed by atoms with Crippen LogP contribution >= 0.6 is 61.8 Å². The first-order valence-corrected chi connectivity index (χ1v) is 25.2. The number of fused-ring (bicyclic) bond motifs is 6. The highest BCUT2D eigenvalue weighted by Gasteiger charge is 2.14. The highest BCUT2D eigenvalue weighted by atomic mass is 79.9. The van der Waals surface area contributed by atoms with Crippen LogP contribution in [0.3, 0.4) is 0 Å². The Kier molecular flexibility index (Phi) is 13.7. The monoisotopic (exact) mass is 1020 g/mol. The molecule has 0 radical (unpaired) electrons. The summed E-state index contributed by atoms with van der Waals surface area (Å²) >= 11 is 20.0. The van der Waals surface area contributed by atoms with Gasteiger partial charge in [0.05, 0.1) is 0 Å². The van der Waals surface area contributed by atoms with Crippen LogP contribution < -0.4 is 5.46 Å². The Balaban J connectivity index is 0.000000129. The van der Waals surface area contributed by atoms with Gasteiger partial charge < -0.3 is 10.0 Å². The average Bonchev–Trinajstić information content (AvgIpc) is 3.96. The van der Waals surface area contributed by atoms with Gasteiger partial charge >= 0.3 is 7.12 Å². The van der Waals surface area contributed by atoms with Gasteiger partial charge in [0.2, 0.25) is 0 Å². The first kappa shape index (κ1) is 45.5. The number of hydrogen-bond acceptors (Lipinski definition) is 4. The number of benzene rings is 10. The van der Waals surface area contributed by atoms with Crippen molar-refractivity contribution in [3.05, 3.63) is 245 Å². The van der Waals surface area contributed by atoms with Crippen molar-refractivity contribution in [1.82, 2.24) is 0 Å². The van der Waals surface area contributed by atoms with Crippen LogP contribution in [0.4, 0.5) is 0 Å². The minimum Gasteiger partial charge on any atom is -0.423 e. The molecule has 0 aliphatic carbocycles. The third-order valence-electron chi connectivity index (χ3n) is 11.8. The molecule has 12 rings (SSSR count). The zero-order valence-electron chi connectivity index (χ0n) is 36.4. The normalized spacial score (nSPS) is 11.0. The van der Waals surface area contributed by atoms with Crippen LogP contribution in [-0.2, 0) is 0 Å². The first-order valence-electron chi connectivity index (χ1n) is 22.0. The zero-order valence-corrected chi connectivity index (χ0v) is 41.1. The Morgan fingerprint density at radius 1 is 0.338 bits per heavy atom. The van der Waals surface area contributed by atoms with Gasteiger partial charge in [-0.15, -0.1) is 22.7 Å². The molecule has 328 valence electrons.